The second kappa shape index (κ2) is 9.30. The van der Waals surface area contributed by atoms with Crippen molar-refractivity contribution >= 4 is 5.97 Å². The molecule has 1 rings (SSSR count). The number of ether oxygens (including phenoxy) is 1. The Morgan fingerprint density at radius 3 is 3.00 bits per heavy atom. The largest absolute Gasteiger partial charge is 0.465 e. The van der Waals surface area contributed by atoms with E-state index in [0.717, 1.165) is 32.4 Å². The van der Waals surface area contributed by atoms with Crippen molar-refractivity contribution in [2.75, 3.05) is 39.4 Å². The smallest absolute Gasteiger partial charge is 0.320 e. The second-order valence-electron chi connectivity index (χ2n) is 4.83. The Labute approximate surface area is 109 Å². The minimum absolute atomic E-state index is 0.0783. The zero-order valence-electron chi connectivity index (χ0n) is 11.4. The Balaban J connectivity index is 2.24. The van der Waals surface area contributed by atoms with Crippen molar-refractivity contribution in [1.29, 1.82) is 0 Å². The van der Waals surface area contributed by atoms with Crippen molar-refractivity contribution in [2.24, 2.45) is 0 Å². The zero-order chi connectivity index (χ0) is 13.2. The van der Waals surface area contributed by atoms with Crippen molar-refractivity contribution in [2.45, 2.75) is 38.6 Å². The number of hydrogen-bond acceptors (Lipinski definition) is 5. The molecule has 0 spiro atoms. The molecule has 0 radical (unpaired) electrons. The lowest BCUT2D eigenvalue weighted by Gasteiger charge is -2.23. The number of rotatable bonds is 9. The molecule has 0 bridgehead atoms. The molecule has 0 aliphatic carbocycles. The van der Waals surface area contributed by atoms with Gasteiger partial charge in [-0.3, -0.25) is 9.69 Å². The van der Waals surface area contributed by atoms with Gasteiger partial charge in [-0.1, -0.05) is 13.3 Å². The maximum atomic E-state index is 11.6. The number of hydrogen-bond donors (Lipinski definition) is 2. The van der Waals surface area contributed by atoms with E-state index in [1.807, 2.05) is 4.90 Å². The number of carbonyl (C=O) groups is 1. The molecule has 0 aromatic rings. The summed E-state index contributed by atoms with van der Waals surface area (Å²) in [7, 11) is 0. The maximum Gasteiger partial charge on any atom is 0.320 e. The monoisotopic (exact) mass is 258 g/mol. The van der Waals surface area contributed by atoms with E-state index < -0.39 is 0 Å². The quantitative estimate of drug-likeness (QED) is 0.462. The molecule has 0 aromatic heterocycles. The number of nitrogens with zero attached hydrogens (tertiary/aromatic N) is 1. The van der Waals surface area contributed by atoms with Gasteiger partial charge in [-0.2, -0.15) is 0 Å². The van der Waals surface area contributed by atoms with Gasteiger partial charge in [0.1, 0.15) is 0 Å². The summed E-state index contributed by atoms with van der Waals surface area (Å²) < 4.78 is 5.14. The van der Waals surface area contributed by atoms with Crippen LogP contribution in [0, 0.1) is 0 Å². The first-order chi connectivity index (χ1) is 8.76. The van der Waals surface area contributed by atoms with Gasteiger partial charge in [0.15, 0.2) is 0 Å². The highest BCUT2D eigenvalue weighted by Gasteiger charge is 2.19. The third kappa shape index (κ3) is 6.33. The molecular weight excluding hydrogens is 232 g/mol. The van der Waals surface area contributed by atoms with Crippen LogP contribution in [0.1, 0.15) is 32.6 Å². The van der Waals surface area contributed by atoms with E-state index in [4.69, 9.17) is 9.84 Å². The molecule has 1 aliphatic heterocycles. The molecule has 5 nitrogen and oxygen atoms in total. The number of aliphatic hydroxyl groups excluding tert-OH is 1. The van der Waals surface area contributed by atoms with Gasteiger partial charge in [-0.15, -0.1) is 0 Å². The normalized spacial score (nSPS) is 19.4. The van der Waals surface area contributed by atoms with E-state index >= 15 is 0 Å². The predicted molar refractivity (Wildman–Crippen MR) is 70.4 cm³/mol. The predicted octanol–water partition coefficient (Wildman–Crippen LogP) is 0.376. The van der Waals surface area contributed by atoms with Crippen molar-refractivity contribution in [3.8, 4) is 0 Å². The Hall–Kier alpha value is -0.650. The standard InChI is InChI=1S/C13H26N2O3/c1-2-3-9-18-13(17)11-15(7-8-16)10-12-5-4-6-14-12/h12,14,16H,2-11H2,1H3. The van der Waals surface area contributed by atoms with Crippen LogP contribution >= 0.6 is 0 Å². The number of nitrogens with one attached hydrogen (secondary N) is 1. The van der Waals surface area contributed by atoms with Gasteiger partial charge in [-0.05, 0) is 25.8 Å². The molecule has 1 saturated heterocycles. The highest BCUT2D eigenvalue weighted by atomic mass is 16.5. The molecule has 1 aliphatic rings. The van der Waals surface area contributed by atoms with E-state index in [2.05, 4.69) is 12.2 Å². The lowest BCUT2D eigenvalue weighted by atomic mass is 10.2. The first-order valence-electron chi connectivity index (χ1n) is 6.98. The van der Waals surface area contributed by atoms with Crippen LogP contribution in [0.25, 0.3) is 0 Å². The Kier molecular flexibility index (Phi) is 7.96. The summed E-state index contributed by atoms with van der Waals surface area (Å²) in [6, 6.07) is 0.444. The Morgan fingerprint density at radius 1 is 1.56 bits per heavy atom. The SMILES string of the molecule is CCCCOC(=O)CN(CCO)CC1CCCN1. The summed E-state index contributed by atoms with van der Waals surface area (Å²) in [6.45, 7) is 5.32. The molecule has 0 saturated carbocycles. The second-order valence-corrected chi connectivity index (χ2v) is 4.83. The Morgan fingerprint density at radius 2 is 2.39 bits per heavy atom. The minimum atomic E-state index is -0.185. The number of esters is 1. The molecule has 5 heteroatoms. The molecule has 2 N–H and O–H groups in total. The van der Waals surface area contributed by atoms with Crippen LogP contribution in [0.5, 0.6) is 0 Å². The number of unbranched alkanes of at least 4 members (excludes halogenated alkanes) is 1. The van der Waals surface area contributed by atoms with Crippen molar-refractivity contribution in [3.05, 3.63) is 0 Å². The number of aliphatic hydroxyl groups is 1. The molecule has 1 heterocycles. The average molecular weight is 258 g/mol. The summed E-state index contributed by atoms with van der Waals surface area (Å²) in [5, 5.41) is 12.4. The summed E-state index contributed by atoms with van der Waals surface area (Å²) in [6.07, 6.45) is 4.28. The van der Waals surface area contributed by atoms with Crippen LogP contribution in [-0.4, -0.2) is 61.4 Å². The molecule has 106 valence electrons. The molecular formula is C13H26N2O3. The molecule has 0 amide bonds. The van der Waals surface area contributed by atoms with Crippen LogP contribution in [-0.2, 0) is 9.53 Å². The first kappa shape index (κ1) is 15.4. The molecule has 1 atom stereocenters. The average Bonchev–Trinajstić information content (AvgIpc) is 2.82. The van der Waals surface area contributed by atoms with Gasteiger partial charge >= 0.3 is 5.97 Å². The fourth-order valence-electron chi connectivity index (χ4n) is 2.16. The number of carbonyl (C=O) groups excluding carboxylic acids is 1. The summed E-state index contributed by atoms with van der Waals surface area (Å²) in [5.74, 6) is -0.185. The fourth-order valence-corrected chi connectivity index (χ4v) is 2.16. The van der Waals surface area contributed by atoms with Crippen LogP contribution in [0.15, 0.2) is 0 Å². The van der Waals surface area contributed by atoms with E-state index in [9.17, 15) is 4.79 Å². The van der Waals surface area contributed by atoms with E-state index in [1.165, 1.54) is 6.42 Å². The molecule has 1 fully saturated rings. The highest BCUT2D eigenvalue weighted by Crippen LogP contribution is 2.07. The lowest BCUT2D eigenvalue weighted by molar-refractivity contribution is -0.145. The summed E-state index contributed by atoms with van der Waals surface area (Å²) in [5.41, 5.74) is 0. The summed E-state index contributed by atoms with van der Waals surface area (Å²) in [4.78, 5) is 13.6. The van der Waals surface area contributed by atoms with Crippen molar-refractivity contribution < 1.29 is 14.6 Å². The van der Waals surface area contributed by atoms with Gasteiger partial charge in [0.25, 0.3) is 0 Å². The van der Waals surface area contributed by atoms with Crippen LogP contribution < -0.4 is 5.32 Å². The fraction of sp³-hybridized carbons (Fsp3) is 0.923. The topological polar surface area (TPSA) is 61.8 Å². The van der Waals surface area contributed by atoms with E-state index in [1.54, 1.807) is 0 Å². The van der Waals surface area contributed by atoms with E-state index in [0.29, 0.717) is 19.2 Å². The summed E-state index contributed by atoms with van der Waals surface area (Å²) >= 11 is 0. The van der Waals surface area contributed by atoms with Gasteiger partial charge in [0.2, 0.25) is 0 Å². The first-order valence-corrected chi connectivity index (χ1v) is 6.98. The molecule has 18 heavy (non-hydrogen) atoms. The lowest BCUT2D eigenvalue weighted by Crippen LogP contribution is -2.42. The molecule has 1 unspecified atom stereocenters. The van der Waals surface area contributed by atoms with Gasteiger partial charge in [-0.25, -0.2) is 0 Å². The zero-order valence-corrected chi connectivity index (χ0v) is 11.4. The third-order valence-electron chi connectivity index (χ3n) is 3.17. The van der Waals surface area contributed by atoms with Crippen LogP contribution in [0.3, 0.4) is 0 Å². The van der Waals surface area contributed by atoms with E-state index in [-0.39, 0.29) is 19.1 Å². The minimum Gasteiger partial charge on any atom is -0.465 e. The Bertz CT molecular complexity index is 230. The van der Waals surface area contributed by atoms with Crippen LogP contribution in [0.4, 0.5) is 0 Å². The van der Waals surface area contributed by atoms with Gasteiger partial charge < -0.3 is 15.2 Å². The molecule has 0 aromatic carbocycles. The maximum absolute atomic E-state index is 11.6. The van der Waals surface area contributed by atoms with Crippen LogP contribution in [0.2, 0.25) is 0 Å². The van der Waals surface area contributed by atoms with Crippen molar-refractivity contribution in [1.82, 2.24) is 10.2 Å². The van der Waals surface area contributed by atoms with Crippen molar-refractivity contribution in [3.63, 3.8) is 0 Å². The van der Waals surface area contributed by atoms with Gasteiger partial charge in [0.05, 0.1) is 19.8 Å². The van der Waals surface area contributed by atoms with Gasteiger partial charge in [0, 0.05) is 19.1 Å². The third-order valence-corrected chi connectivity index (χ3v) is 3.17. The highest BCUT2D eigenvalue weighted by molar-refractivity contribution is 5.71.